The van der Waals surface area contributed by atoms with Crippen LogP contribution in [0, 0.1) is 11.3 Å². The molecule has 1 unspecified atom stereocenters. The summed E-state index contributed by atoms with van der Waals surface area (Å²) >= 11 is 0. The molecule has 0 saturated carbocycles. The molecule has 1 fully saturated rings. The van der Waals surface area contributed by atoms with Gasteiger partial charge in [-0.15, -0.1) is 0 Å². The van der Waals surface area contributed by atoms with E-state index in [0.717, 1.165) is 38.0 Å². The van der Waals surface area contributed by atoms with Crippen molar-refractivity contribution in [1.29, 1.82) is 5.26 Å². The molecule has 1 spiro atoms. The van der Waals surface area contributed by atoms with Crippen molar-refractivity contribution in [2.75, 3.05) is 6.61 Å². The molecule has 4 rings (SSSR count). The van der Waals surface area contributed by atoms with Gasteiger partial charge in [0.15, 0.2) is 0 Å². The first-order valence-corrected chi connectivity index (χ1v) is 9.00. The van der Waals surface area contributed by atoms with Gasteiger partial charge in [0.1, 0.15) is 5.72 Å². The summed E-state index contributed by atoms with van der Waals surface area (Å²) in [5.41, 5.74) is 4.50. The minimum atomic E-state index is -0.278. The van der Waals surface area contributed by atoms with Crippen LogP contribution in [0.4, 0.5) is 0 Å². The predicted molar refractivity (Wildman–Crippen MR) is 97.9 cm³/mol. The Hall–Kier alpha value is -2.15. The van der Waals surface area contributed by atoms with Crippen LogP contribution in [-0.2, 0) is 24.1 Å². The van der Waals surface area contributed by atoms with Gasteiger partial charge in [0.25, 0.3) is 0 Å². The first kappa shape index (κ1) is 16.3. The van der Waals surface area contributed by atoms with E-state index in [1.165, 1.54) is 16.7 Å². The third-order valence-corrected chi connectivity index (χ3v) is 5.81. The Morgan fingerprint density at radius 3 is 2.68 bits per heavy atom. The third kappa shape index (κ3) is 2.86. The highest BCUT2D eigenvalue weighted by molar-refractivity contribution is 5.41. The summed E-state index contributed by atoms with van der Waals surface area (Å²) in [4.78, 5) is 2.54. The maximum absolute atomic E-state index is 9.24. The highest BCUT2D eigenvalue weighted by Crippen LogP contribution is 2.44. The van der Waals surface area contributed by atoms with Crippen LogP contribution in [0.2, 0.25) is 0 Å². The summed E-state index contributed by atoms with van der Waals surface area (Å²) < 4.78 is 6.25. The van der Waals surface area contributed by atoms with Crippen LogP contribution in [0.15, 0.2) is 48.5 Å². The van der Waals surface area contributed by atoms with E-state index in [4.69, 9.17) is 4.74 Å². The SMILES string of the molecule is CC1(C)OCC2(CCc3ccc(C#N)cc3C2)N1Cc1ccccc1. The van der Waals surface area contributed by atoms with Gasteiger partial charge < -0.3 is 4.74 Å². The quantitative estimate of drug-likeness (QED) is 0.832. The van der Waals surface area contributed by atoms with Gasteiger partial charge in [0.05, 0.1) is 23.8 Å². The van der Waals surface area contributed by atoms with E-state index in [9.17, 15) is 5.26 Å². The molecule has 0 amide bonds. The van der Waals surface area contributed by atoms with Crippen molar-refractivity contribution in [3.05, 3.63) is 70.8 Å². The van der Waals surface area contributed by atoms with E-state index >= 15 is 0 Å². The lowest BCUT2D eigenvalue weighted by atomic mass is 9.76. The molecule has 1 aliphatic carbocycles. The van der Waals surface area contributed by atoms with Gasteiger partial charge in [0.2, 0.25) is 0 Å². The van der Waals surface area contributed by atoms with Crippen LogP contribution in [0.1, 0.15) is 42.5 Å². The molecule has 1 saturated heterocycles. The molecule has 2 aromatic carbocycles. The van der Waals surface area contributed by atoms with Crippen LogP contribution >= 0.6 is 0 Å². The number of rotatable bonds is 2. The Bertz CT molecular complexity index is 822. The van der Waals surface area contributed by atoms with Gasteiger partial charge >= 0.3 is 0 Å². The van der Waals surface area contributed by atoms with E-state index < -0.39 is 0 Å². The van der Waals surface area contributed by atoms with E-state index in [1.54, 1.807) is 0 Å². The zero-order valence-electron chi connectivity index (χ0n) is 15.0. The van der Waals surface area contributed by atoms with Gasteiger partial charge in [-0.05, 0) is 61.9 Å². The highest BCUT2D eigenvalue weighted by atomic mass is 16.5. The molecule has 25 heavy (non-hydrogen) atoms. The number of nitriles is 1. The molecular weight excluding hydrogens is 308 g/mol. The van der Waals surface area contributed by atoms with Crippen molar-refractivity contribution in [1.82, 2.24) is 4.90 Å². The smallest absolute Gasteiger partial charge is 0.116 e. The van der Waals surface area contributed by atoms with Crippen LogP contribution < -0.4 is 0 Å². The number of fused-ring (bicyclic) bond motifs is 1. The molecule has 1 heterocycles. The van der Waals surface area contributed by atoms with E-state index in [0.29, 0.717) is 0 Å². The number of aryl methyl sites for hydroxylation is 1. The van der Waals surface area contributed by atoms with E-state index in [2.05, 4.69) is 67.3 Å². The molecule has 0 N–H and O–H groups in total. The lowest BCUT2D eigenvalue weighted by Gasteiger charge is -2.45. The Balaban J connectivity index is 1.69. The van der Waals surface area contributed by atoms with Crippen molar-refractivity contribution in [3.63, 3.8) is 0 Å². The second kappa shape index (κ2) is 5.98. The molecule has 128 valence electrons. The molecule has 0 radical (unpaired) electrons. The summed E-state index contributed by atoms with van der Waals surface area (Å²) in [5, 5.41) is 9.24. The largest absolute Gasteiger partial charge is 0.359 e. The number of hydrogen-bond acceptors (Lipinski definition) is 3. The van der Waals surface area contributed by atoms with Gasteiger partial charge in [-0.3, -0.25) is 4.90 Å². The van der Waals surface area contributed by atoms with Crippen LogP contribution in [0.3, 0.4) is 0 Å². The van der Waals surface area contributed by atoms with Gasteiger partial charge in [-0.25, -0.2) is 0 Å². The lowest BCUT2D eigenvalue weighted by Crippen LogP contribution is -2.54. The second-order valence-electron chi connectivity index (χ2n) is 7.80. The van der Waals surface area contributed by atoms with E-state index in [1.807, 2.05) is 6.07 Å². The van der Waals surface area contributed by atoms with E-state index in [-0.39, 0.29) is 11.3 Å². The first-order chi connectivity index (χ1) is 12.0. The Labute approximate surface area is 149 Å². The number of ether oxygens (including phenoxy) is 1. The number of hydrogen-bond donors (Lipinski definition) is 0. The highest BCUT2D eigenvalue weighted by Gasteiger charge is 2.52. The summed E-state index contributed by atoms with van der Waals surface area (Å²) in [5.74, 6) is 0. The predicted octanol–water partition coefficient (Wildman–Crippen LogP) is 4.05. The average Bonchev–Trinajstić information content (AvgIpc) is 2.87. The van der Waals surface area contributed by atoms with Crippen LogP contribution in [0.25, 0.3) is 0 Å². The standard InChI is InChI=1S/C22H24N2O/c1-21(2)24(15-17-6-4-3-5-7-17)22(16-25-21)11-10-19-9-8-18(14-23)12-20(19)13-22/h3-9,12H,10-11,13,15-16H2,1-2H3. The molecule has 3 nitrogen and oxygen atoms in total. The molecule has 3 heteroatoms. The Morgan fingerprint density at radius 1 is 1.12 bits per heavy atom. The zero-order valence-corrected chi connectivity index (χ0v) is 15.0. The summed E-state index contributed by atoms with van der Waals surface area (Å²) in [6.45, 7) is 5.99. The second-order valence-corrected chi connectivity index (χ2v) is 7.80. The molecule has 2 aliphatic rings. The normalized spacial score (nSPS) is 24.8. The molecular formula is C22H24N2O. The van der Waals surface area contributed by atoms with Crippen molar-refractivity contribution >= 4 is 0 Å². The van der Waals surface area contributed by atoms with Crippen molar-refractivity contribution in [2.45, 2.75) is 50.9 Å². The fraction of sp³-hybridized carbons (Fsp3) is 0.409. The topological polar surface area (TPSA) is 36.3 Å². The molecule has 2 aromatic rings. The molecule has 0 aromatic heterocycles. The summed E-state index contributed by atoms with van der Waals surface area (Å²) in [6.07, 6.45) is 3.10. The maximum Gasteiger partial charge on any atom is 0.116 e. The summed E-state index contributed by atoms with van der Waals surface area (Å²) in [6, 6.07) is 19.0. The Kier molecular flexibility index (Phi) is 3.91. The summed E-state index contributed by atoms with van der Waals surface area (Å²) in [7, 11) is 0. The molecule has 1 atom stereocenters. The fourth-order valence-electron chi connectivity index (χ4n) is 4.43. The monoisotopic (exact) mass is 332 g/mol. The van der Waals surface area contributed by atoms with Crippen LogP contribution in [-0.4, -0.2) is 22.8 Å². The molecule has 0 bridgehead atoms. The van der Waals surface area contributed by atoms with Crippen LogP contribution in [0.5, 0.6) is 0 Å². The van der Waals surface area contributed by atoms with Crippen molar-refractivity contribution in [2.24, 2.45) is 0 Å². The third-order valence-electron chi connectivity index (χ3n) is 5.81. The Morgan fingerprint density at radius 2 is 1.92 bits per heavy atom. The number of nitrogens with zero attached hydrogens (tertiary/aromatic N) is 2. The zero-order chi connectivity index (χ0) is 17.5. The first-order valence-electron chi connectivity index (χ1n) is 9.00. The van der Waals surface area contributed by atoms with Gasteiger partial charge in [-0.2, -0.15) is 5.26 Å². The maximum atomic E-state index is 9.24. The fourth-order valence-corrected chi connectivity index (χ4v) is 4.43. The minimum Gasteiger partial charge on any atom is -0.359 e. The van der Waals surface area contributed by atoms with Gasteiger partial charge in [-0.1, -0.05) is 36.4 Å². The van der Waals surface area contributed by atoms with Gasteiger partial charge in [0, 0.05) is 6.54 Å². The average molecular weight is 332 g/mol. The van der Waals surface area contributed by atoms with Crippen molar-refractivity contribution < 1.29 is 4.74 Å². The minimum absolute atomic E-state index is 0.0143. The lowest BCUT2D eigenvalue weighted by molar-refractivity contribution is -0.0673. The molecule has 1 aliphatic heterocycles. The number of benzene rings is 2. The van der Waals surface area contributed by atoms with Crippen molar-refractivity contribution in [3.8, 4) is 6.07 Å².